The van der Waals surface area contributed by atoms with Crippen LogP contribution in [0.25, 0.3) is 0 Å². The molecule has 1 aromatic carbocycles. The van der Waals surface area contributed by atoms with Crippen molar-refractivity contribution in [2.45, 2.75) is 19.9 Å². The van der Waals surface area contributed by atoms with Crippen molar-refractivity contribution in [1.82, 2.24) is 0 Å². The van der Waals surface area contributed by atoms with Gasteiger partial charge in [0.2, 0.25) is 0 Å². The SMILES string of the molecule is Cc1cccc(NC(C)c2ccco2)c1Br. The van der Waals surface area contributed by atoms with E-state index in [1.165, 1.54) is 5.56 Å². The van der Waals surface area contributed by atoms with Gasteiger partial charge >= 0.3 is 0 Å². The van der Waals surface area contributed by atoms with Gasteiger partial charge in [0.15, 0.2) is 0 Å². The van der Waals surface area contributed by atoms with Gasteiger partial charge in [-0.2, -0.15) is 0 Å². The van der Waals surface area contributed by atoms with E-state index in [-0.39, 0.29) is 6.04 Å². The van der Waals surface area contributed by atoms with E-state index in [4.69, 9.17) is 4.42 Å². The second kappa shape index (κ2) is 4.74. The summed E-state index contributed by atoms with van der Waals surface area (Å²) in [5.74, 6) is 0.938. The Labute approximate surface area is 104 Å². The molecule has 1 heterocycles. The second-order valence-electron chi connectivity index (χ2n) is 3.82. The van der Waals surface area contributed by atoms with Crippen molar-refractivity contribution in [3.8, 4) is 0 Å². The van der Waals surface area contributed by atoms with Gasteiger partial charge in [-0.15, -0.1) is 0 Å². The number of furan rings is 1. The summed E-state index contributed by atoms with van der Waals surface area (Å²) in [6.45, 7) is 4.15. The van der Waals surface area contributed by atoms with Gasteiger partial charge in [-0.05, 0) is 53.5 Å². The fourth-order valence-corrected chi connectivity index (χ4v) is 1.98. The van der Waals surface area contributed by atoms with E-state index in [2.05, 4.69) is 47.2 Å². The van der Waals surface area contributed by atoms with Crippen LogP contribution in [0.2, 0.25) is 0 Å². The molecule has 2 nitrogen and oxygen atoms in total. The summed E-state index contributed by atoms with van der Waals surface area (Å²) in [4.78, 5) is 0. The number of aryl methyl sites for hydroxylation is 1. The van der Waals surface area contributed by atoms with Crippen molar-refractivity contribution >= 4 is 21.6 Å². The lowest BCUT2D eigenvalue weighted by Crippen LogP contribution is -2.06. The minimum atomic E-state index is 0.160. The summed E-state index contributed by atoms with van der Waals surface area (Å²) in [5.41, 5.74) is 2.31. The molecule has 1 atom stereocenters. The van der Waals surface area contributed by atoms with E-state index in [0.29, 0.717) is 0 Å². The third-order valence-corrected chi connectivity index (χ3v) is 3.59. The van der Waals surface area contributed by atoms with Crippen molar-refractivity contribution in [3.63, 3.8) is 0 Å². The predicted octanol–water partition coefficient (Wildman–Crippen LogP) is 4.52. The molecule has 0 aliphatic rings. The number of nitrogens with one attached hydrogen (secondary N) is 1. The summed E-state index contributed by atoms with van der Waals surface area (Å²) in [7, 11) is 0. The van der Waals surface area contributed by atoms with Gasteiger partial charge in [0.05, 0.1) is 12.3 Å². The first kappa shape index (κ1) is 11.3. The van der Waals surface area contributed by atoms with E-state index in [1.54, 1.807) is 6.26 Å². The summed E-state index contributed by atoms with van der Waals surface area (Å²) >= 11 is 3.58. The van der Waals surface area contributed by atoms with E-state index in [1.807, 2.05) is 18.2 Å². The average Bonchev–Trinajstić information content (AvgIpc) is 2.78. The van der Waals surface area contributed by atoms with Gasteiger partial charge in [0, 0.05) is 10.2 Å². The monoisotopic (exact) mass is 279 g/mol. The highest BCUT2D eigenvalue weighted by atomic mass is 79.9. The highest BCUT2D eigenvalue weighted by Crippen LogP contribution is 2.29. The Hall–Kier alpha value is -1.22. The van der Waals surface area contributed by atoms with E-state index in [0.717, 1.165) is 15.9 Å². The number of anilines is 1. The molecule has 1 N–H and O–H groups in total. The lowest BCUT2D eigenvalue weighted by atomic mass is 10.2. The molecule has 1 aromatic heterocycles. The van der Waals surface area contributed by atoms with Crippen LogP contribution < -0.4 is 5.32 Å². The Bertz CT molecular complexity index is 465. The topological polar surface area (TPSA) is 25.2 Å². The standard InChI is InChI=1S/C13H14BrNO/c1-9-5-3-6-11(13(9)14)15-10(2)12-7-4-8-16-12/h3-8,10,15H,1-2H3. The van der Waals surface area contributed by atoms with Crippen LogP contribution in [-0.2, 0) is 0 Å². The molecule has 0 aliphatic heterocycles. The third-order valence-electron chi connectivity index (χ3n) is 2.53. The molecule has 0 fully saturated rings. The molecule has 3 heteroatoms. The van der Waals surface area contributed by atoms with E-state index in [9.17, 15) is 0 Å². The summed E-state index contributed by atoms with van der Waals surface area (Å²) < 4.78 is 6.46. The molecule has 0 aliphatic carbocycles. The maximum Gasteiger partial charge on any atom is 0.125 e. The summed E-state index contributed by atoms with van der Waals surface area (Å²) in [6.07, 6.45) is 1.69. The molecule has 0 spiro atoms. The Kier molecular flexibility index (Phi) is 3.34. The molecule has 2 aromatic rings. The lowest BCUT2D eigenvalue weighted by Gasteiger charge is -2.15. The van der Waals surface area contributed by atoms with Gasteiger partial charge in [0.1, 0.15) is 5.76 Å². The Morgan fingerprint density at radius 1 is 1.25 bits per heavy atom. The molecule has 0 saturated heterocycles. The van der Waals surface area contributed by atoms with Crippen molar-refractivity contribution in [3.05, 3.63) is 52.4 Å². The van der Waals surface area contributed by atoms with Crippen molar-refractivity contribution in [2.24, 2.45) is 0 Å². The van der Waals surface area contributed by atoms with Crippen LogP contribution in [0, 0.1) is 6.92 Å². The average molecular weight is 280 g/mol. The molecule has 16 heavy (non-hydrogen) atoms. The van der Waals surface area contributed by atoms with Gasteiger partial charge in [-0.3, -0.25) is 0 Å². The fraction of sp³-hybridized carbons (Fsp3) is 0.231. The zero-order valence-electron chi connectivity index (χ0n) is 9.33. The van der Waals surface area contributed by atoms with Crippen LogP contribution >= 0.6 is 15.9 Å². The lowest BCUT2D eigenvalue weighted by molar-refractivity contribution is 0.490. The highest BCUT2D eigenvalue weighted by Gasteiger charge is 2.10. The summed E-state index contributed by atoms with van der Waals surface area (Å²) in [5, 5.41) is 3.41. The Morgan fingerprint density at radius 2 is 2.06 bits per heavy atom. The molecule has 84 valence electrons. The number of rotatable bonds is 3. The smallest absolute Gasteiger partial charge is 0.125 e. The van der Waals surface area contributed by atoms with Crippen molar-refractivity contribution in [2.75, 3.05) is 5.32 Å². The molecule has 2 rings (SSSR count). The van der Waals surface area contributed by atoms with Crippen LogP contribution in [0.4, 0.5) is 5.69 Å². The minimum Gasteiger partial charge on any atom is -0.467 e. The predicted molar refractivity (Wildman–Crippen MR) is 69.6 cm³/mol. The van der Waals surface area contributed by atoms with Crippen molar-refractivity contribution in [1.29, 1.82) is 0 Å². The number of hydrogen-bond donors (Lipinski definition) is 1. The number of benzene rings is 1. The molecule has 0 saturated carbocycles. The third kappa shape index (κ3) is 2.30. The fourth-order valence-electron chi connectivity index (χ4n) is 1.60. The Morgan fingerprint density at radius 3 is 2.75 bits per heavy atom. The van der Waals surface area contributed by atoms with Crippen LogP contribution in [-0.4, -0.2) is 0 Å². The molecule has 0 amide bonds. The zero-order chi connectivity index (χ0) is 11.5. The quantitative estimate of drug-likeness (QED) is 0.894. The van der Waals surface area contributed by atoms with Crippen LogP contribution in [0.5, 0.6) is 0 Å². The molecular weight excluding hydrogens is 266 g/mol. The van der Waals surface area contributed by atoms with Gasteiger partial charge in [-0.25, -0.2) is 0 Å². The van der Waals surface area contributed by atoms with Gasteiger partial charge < -0.3 is 9.73 Å². The number of halogens is 1. The van der Waals surface area contributed by atoms with Crippen LogP contribution in [0.15, 0.2) is 45.5 Å². The molecular formula is C13H14BrNO. The van der Waals surface area contributed by atoms with E-state index >= 15 is 0 Å². The first-order valence-electron chi connectivity index (χ1n) is 5.23. The van der Waals surface area contributed by atoms with Gasteiger partial charge in [-0.1, -0.05) is 12.1 Å². The van der Waals surface area contributed by atoms with Crippen LogP contribution in [0.3, 0.4) is 0 Å². The normalized spacial score (nSPS) is 12.4. The van der Waals surface area contributed by atoms with E-state index < -0.39 is 0 Å². The maximum atomic E-state index is 5.36. The summed E-state index contributed by atoms with van der Waals surface area (Å²) in [6, 6.07) is 10.2. The number of hydrogen-bond acceptors (Lipinski definition) is 2. The zero-order valence-corrected chi connectivity index (χ0v) is 10.9. The highest BCUT2D eigenvalue weighted by molar-refractivity contribution is 9.10. The first-order chi connectivity index (χ1) is 7.68. The van der Waals surface area contributed by atoms with Crippen LogP contribution in [0.1, 0.15) is 24.3 Å². The largest absolute Gasteiger partial charge is 0.467 e. The minimum absolute atomic E-state index is 0.160. The Balaban J connectivity index is 2.18. The van der Waals surface area contributed by atoms with Gasteiger partial charge in [0.25, 0.3) is 0 Å². The molecule has 1 unspecified atom stereocenters. The first-order valence-corrected chi connectivity index (χ1v) is 6.03. The molecule has 0 bridgehead atoms. The molecule has 0 radical (unpaired) electrons. The second-order valence-corrected chi connectivity index (χ2v) is 4.61. The van der Waals surface area contributed by atoms with Crippen molar-refractivity contribution < 1.29 is 4.42 Å². The maximum absolute atomic E-state index is 5.36.